The SMILES string of the molecule is COc1ccc(C(C)NCc2ccc(O)c(Br)c2)cc1. The molecule has 2 aromatic carbocycles. The zero-order chi connectivity index (χ0) is 14.5. The maximum Gasteiger partial charge on any atom is 0.129 e. The van der Waals surface area contributed by atoms with Gasteiger partial charge in [0.15, 0.2) is 0 Å². The highest BCUT2D eigenvalue weighted by Gasteiger charge is 2.06. The average molecular weight is 336 g/mol. The summed E-state index contributed by atoms with van der Waals surface area (Å²) in [6.07, 6.45) is 0. The largest absolute Gasteiger partial charge is 0.507 e. The number of aromatic hydroxyl groups is 1. The van der Waals surface area contributed by atoms with Crippen LogP contribution >= 0.6 is 15.9 Å². The van der Waals surface area contributed by atoms with Gasteiger partial charge >= 0.3 is 0 Å². The second kappa shape index (κ2) is 6.77. The molecule has 20 heavy (non-hydrogen) atoms. The van der Waals surface area contributed by atoms with Crippen LogP contribution in [0, 0.1) is 0 Å². The van der Waals surface area contributed by atoms with Crippen molar-refractivity contribution in [2.45, 2.75) is 19.5 Å². The van der Waals surface area contributed by atoms with Gasteiger partial charge in [-0.1, -0.05) is 18.2 Å². The van der Waals surface area contributed by atoms with Crippen molar-refractivity contribution in [2.24, 2.45) is 0 Å². The number of hydrogen-bond acceptors (Lipinski definition) is 3. The van der Waals surface area contributed by atoms with Crippen LogP contribution in [0.5, 0.6) is 11.5 Å². The van der Waals surface area contributed by atoms with Crippen LogP contribution < -0.4 is 10.1 Å². The molecule has 3 nitrogen and oxygen atoms in total. The first-order chi connectivity index (χ1) is 9.60. The van der Waals surface area contributed by atoms with Crippen LogP contribution in [-0.4, -0.2) is 12.2 Å². The first-order valence-corrected chi connectivity index (χ1v) is 7.24. The van der Waals surface area contributed by atoms with Crippen molar-refractivity contribution in [3.63, 3.8) is 0 Å². The van der Waals surface area contributed by atoms with Crippen molar-refractivity contribution < 1.29 is 9.84 Å². The third-order valence-corrected chi connectivity index (χ3v) is 3.88. The number of halogens is 1. The Morgan fingerprint density at radius 2 is 1.90 bits per heavy atom. The van der Waals surface area contributed by atoms with Crippen molar-refractivity contribution in [1.29, 1.82) is 0 Å². The van der Waals surface area contributed by atoms with E-state index < -0.39 is 0 Å². The number of phenols is 1. The van der Waals surface area contributed by atoms with Gasteiger partial charge in [-0.2, -0.15) is 0 Å². The molecule has 0 fully saturated rings. The predicted octanol–water partition coefficient (Wildman–Crippen LogP) is 4.01. The zero-order valence-corrected chi connectivity index (χ0v) is 13.1. The summed E-state index contributed by atoms with van der Waals surface area (Å²) in [6, 6.07) is 13.8. The second-order valence-electron chi connectivity index (χ2n) is 4.66. The molecular formula is C16H18BrNO2. The van der Waals surface area contributed by atoms with E-state index in [9.17, 15) is 5.11 Å². The fourth-order valence-electron chi connectivity index (χ4n) is 1.94. The summed E-state index contributed by atoms with van der Waals surface area (Å²) in [5.41, 5.74) is 2.33. The van der Waals surface area contributed by atoms with Gasteiger partial charge in [0, 0.05) is 12.6 Å². The van der Waals surface area contributed by atoms with Gasteiger partial charge in [-0.25, -0.2) is 0 Å². The highest BCUT2D eigenvalue weighted by molar-refractivity contribution is 9.10. The first kappa shape index (κ1) is 14.9. The maximum atomic E-state index is 9.47. The summed E-state index contributed by atoms with van der Waals surface area (Å²) in [6.45, 7) is 2.86. The molecule has 1 atom stereocenters. The van der Waals surface area contributed by atoms with Crippen molar-refractivity contribution in [3.05, 3.63) is 58.1 Å². The lowest BCUT2D eigenvalue weighted by Gasteiger charge is -2.15. The average Bonchev–Trinajstić information content (AvgIpc) is 2.48. The minimum atomic E-state index is 0.244. The quantitative estimate of drug-likeness (QED) is 0.867. The van der Waals surface area contributed by atoms with Gasteiger partial charge < -0.3 is 15.2 Å². The summed E-state index contributed by atoms with van der Waals surface area (Å²) < 4.78 is 5.87. The highest BCUT2D eigenvalue weighted by atomic mass is 79.9. The van der Waals surface area contributed by atoms with E-state index in [0.717, 1.165) is 17.9 Å². The Morgan fingerprint density at radius 3 is 2.50 bits per heavy atom. The van der Waals surface area contributed by atoms with Gasteiger partial charge in [0.05, 0.1) is 11.6 Å². The lowest BCUT2D eigenvalue weighted by atomic mass is 10.1. The molecule has 0 radical (unpaired) electrons. The van der Waals surface area contributed by atoms with E-state index in [1.165, 1.54) is 5.56 Å². The Labute approximate surface area is 127 Å². The molecule has 0 aliphatic rings. The molecule has 0 aliphatic carbocycles. The minimum Gasteiger partial charge on any atom is -0.507 e. The molecule has 2 N–H and O–H groups in total. The van der Waals surface area contributed by atoms with Crippen LogP contribution in [0.2, 0.25) is 0 Å². The van der Waals surface area contributed by atoms with Crippen LogP contribution in [-0.2, 0) is 6.54 Å². The third kappa shape index (κ3) is 3.74. The molecule has 0 amide bonds. The topological polar surface area (TPSA) is 41.5 Å². The molecule has 2 rings (SSSR count). The van der Waals surface area contributed by atoms with E-state index >= 15 is 0 Å². The smallest absolute Gasteiger partial charge is 0.129 e. The number of rotatable bonds is 5. The van der Waals surface area contributed by atoms with E-state index in [2.05, 4.69) is 40.3 Å². The van der Waals surface area contributed by atoms with Crippen molar-refractivity contribution in [2.75, 3.05) is 7.11 Å². The standard InChI is InChI=1S/C16H18BrNO2/c1-11(13-4-6-14(20-2)7-5-13)18-10-12-3-8-16(19)15(17)9-12/h3-9,11,18-19H,10H2,1-2H3. The van der Waals surface area contributed by atoms with E-state index in [1.807, 2.05) is 24.3 Å². The number of phenolic OH excluding ortho intramolecular Hbond substituents is 1. The lowest BCUT2D eigenvalue weighted by Crippen LogP contribution is -2.17. The van der Waals surface area contributed by atoms with Crippen molar-refractivity contribution in [1.82, 2.24) is 5.32 Å². The molecule has 106 valence electrons. The summed E-state index contributed by atoms with van der Waals surface area (Å²) in [5, 5.41) is 12.9. The lowest BCUT2D eigenvalue weighted by molar-refractivity contribution is 0.414. The van der Waals surface area contributed by atoms with Gasteiger partial charge in [0.1, 0.15) is 11.5 Å². The monoisotopic (exact) mass is 335 g/mol. The molecule has 0 spiro atoms. The van der Waals surface area contributed by atoms with Gasteiger partial charge in [-0.15, -0.1) is 0 Å². The fraction of sp³-hybridized carbons (Fsp3) is 0.250. The van der Waals surface area contributed by atoms with Crippen molar-refractivity contribution >= 4 is 15.9 Å². The van der Waals surface area contributed by atoms with Gasteiger partial charge in [-0.3, -0.25) is 0 Å². The third-order valence-electron chi connectivity index (χ3n) is 3.24. The highest BCUT2D eigenvalue weighted by Crippen LogP contribution is 2.24. The maximum absolute atomic E-state index is 9.47. The predicted molar refractivity (Wildman–Crippen MR) is 84.1 cm³/mol. The molecule has 0 heterocycles. The molecular weight excluding hydrogens is 318 g/mol. The molecule has 0 aromatic heterocycles. The summed E-state index contributed by atoms with van der Waals surface area (Å²) >= 11 is 3.32. The minimum absolute atomic E-state index is 0.244. The fourth-order valence-corrected chi connectivity index (χ4v) is 2.37. The number of nitrogens with one attached hydrogen (secondary N) is 1. The van der Waals surface area contributed by atoms with Crippen LogP contribution in [0.4, 0.5) is 0 Å². The van der Waals surface area contributed by atoms with Gasteiger partial charge in [0.25, 0.3) is 0 Å². The van der Waals surface area contributed by atoms with Gasteiger partial charge in [-0.05, 0) is 58.2 Å². The Bertz CT molecular complexity index is 569. The van der Waals surface area contributed by atoms with E-state index in [1.54, 1.807) is 13.2 Å². The first-order valence-electron chi connectivity index (χ1n) is 6.45. The molecule has 0 bridgehead atoms. The molecule has 4 heteroatoms. The summed E-state index contributed by atoms with van der Waals surface area (Å²) in [5.74, 6) is 1.13. The van der Waals surface area contributed by atoms with E-state index in [4.69, 9.17) is 4.74 Å². The number of methoxy groups -OCH3 is 1. The van der Waals surface area contributed by atoms with Crippen LogP contribution in [0.25, 0.3) is 0 Å². The molecule has 1 unspecified atom stereocenters. The Hall–Kier alpha value is -1.52. The summed E-state index contributed by atoms with van der Waals surface area (Å²) in [4.78, 5) is 0. The van der Waals surface area contributed by atoms with Crippen LogP contribution in [0.15, 0.2) is 46.9 Å². The molecule has 0 saturated heterocycles. The Balaban J connectivity index is 1.96. The number of ether oxygens (including phenoxy) is 1. The van der Waals surface area contributed by atoms with E-state index in [0.29, 0.717) is 4.47 Å². The number of benzene rings is 2. The molecule has 2 aromatic rings. The molecule has 0 saturated carbocycles. The normalized spacial score (nSPS) is 12.2. The Morgan fingerprint density at radius 1 is 1.20 bits per heavy atom. The van der Waals surface area contributed by atoms with Crippen LogP contribution in [0.1, 0.15) is 24.1 Å². The van der Waals surface area contributed by atoms with E-state index in [-0.39, 0.29) is 11.8 Å². The van der Waals surface area contributed by atoms with Crippen molar-refractivity contribution in [3.8, 4) is 11.5 Å². The summed E-state index contributed by atoms with van der Waals surface area (Å²) in [7, 11) is 1.67. The number of hydrogen-bond donors (Lipinski definition) is 2. The zero-order valence-electron chi connectivity index (χ0n) is 11.6. The second-order valence-corrected chi connectivity index (χ2v) is 5.52. The van der Waals surface area contributed by atoms with Gasteiger partial charge in [0.2, 0.25) is 0 Å². The van der Waals surface area contributed by atoms with Crippen LogP contribution in [0.3, 0.4) is 0 Å². The molecule has 0 aliphatic heterocycles. The Kier molecular flexibility index (Phi) is 5.04.